The Labute approximate surface area is 124 Å². The van der Waals surface area contributed by atoms with Crippen LogP contribution in [-0.4, -0.2) is 49.1 Å². The number of piperidine rings is 1. The highest BCUT2D eigenvalue weighted by Gasteiger charge is 2.24. The number of ether oxygens (including phenoxy) is 1. The van der Waals surface area contributed by atoms with Gasteiger partial charge in [0.05, 0.1) is 19.2 Å². The second-order valence-corrected chi connectivity index (χ2v) is 6.36. The quantitative estimate of drug-likeness (QED) is 0.843. The maximum atomic E-state index is 11.1. The Morgan fingerprint density at radius 3 is 3.15 bits per heavy atom. The number of hydrogen-bond donors (Lipinski definition) is 1. The zero-order valence-corrected chi connectivity index (χ0v) is 13.2. The van der Waals surface area contributed by atoms with Gasteiger partial charge in [-0.2, -0.15) is 0 Å². The molecule has 0 aromatic carbocycles. The summed E-state index contributed by atoms with van der Waals surface area (Å²) in [6, 6.07) is 0.491. The smallest absolute Gasteiger partial charge is 0.305 e. The minimum Gasteiger partial charge on any atom is -0.469 e. The highest BCUT2D eigenvalue weighted by molar-refractivity contribution is 7.13. The lowest BCUT2D eigenvalue weighted by molar-refractivity contribution is -0.140. The van der Waals surface area contributed by atoms with Crippen LogP contribution in [0.2, 0.25) is 0 Å². The predicted octanol–water partition coefficient (Wildman–Crippen LogP) is 2.00. The van der Waals surface area contributed by atoms with Crippen molar-refractivity contribution < 1.29 is 9.53 Å². The van der Waals surface area contributed by atoms with Crippen LogP contribution < -0.4 is 5.32 Å². The van der Waals surface area contributed by atoms with Gasteiger partial charge >= 0.3 is 5.97 Å². The Balaban J connectivity index is 1.84. The first-order valence-corrected chi connectivity index (χ1v) is 7.92. The normalized spacial score (nSPS) is 23.6. The topological polar surface area (TPSA) is 54.5 Å². The van der Waals surface area contributed by atoms with E-state index in [4.69, 9.17) is 0 Å². The van der Waals surface area contributed by atoms with Crippen LogP contribution in [0, 0.1) is 5.92 Å². The second-order valence-electron chi connectivity index (χ2n) is 5.50. The molecule has 2 heterocycles. The molecule has 1 aromatic rings. The first kappa shape index (κ1) is 15.3. The number of carbonyl (C=O) groups is 1. The van der Waals surface area contributed by atoms with Crippen molar-refractivity contribution >= 4 is 22.4 Å². The van der Waals surface area contributed by atoms with Crippen molar-refractivity contribution in [1.29, 1.82) is 0 Å². The summed E-state index contributed by atoms with van der Waals surface area (Å²) in [5, 5.41) is 6.52. The number of hydrogen-bond acceptors (Lipinski definition) is 6. The maximum Gasteiger partial charge on any atom is 0.305 e. The van der Waals surface area contributed by atoms with Crippen LogP contribution in [0.3, 0.4) is 0 Å². The number of thiazole rings is 1. The molecule has 1 aliphatic rings. The summed E-state index contributed by atoms with van der Waals surface area (Å²) >= 11 is 1.62. The Hall–Kier alpha value is -1.14. The Bertz CT molecular complexity index is 449. The minimum atomic E-state index is -0.184. The van der Waals surface area contributed by atoms with E-state index in [9.17, 15) is 4.79 Å². The van der Waals surface area contributed by atoms with Crippen molar-refractivity contribution in [2.24, 2.45) is 5.92 Å². The van der Waals surface area contributed by atoms with Gasteiger partial charge in [-0.25, -0.2) is 4.98 Å². The zero-order chi connectivity index (χ0) is 14.5. The van der Waals surface area contributed by atoms with E-state index in [1.54, 1.807) is 11.3 Å². The molecule has 0 amide bonds. The molecule has 1 fully saturated rings. The molecule has 0 saturated carbocycles. The summed E-state index contributed by atoms with van der Waals surface area (Å²) in [6.45, 7) is 4.53. The number of anilines is 1. The van der Waals surface area contributed by atoms with Crippen LogP contribution in [0.15, 0.2) is 5.38 Å². The van der Waals surface area contributed by atoms with Crippen molar-refractivity contribution in [2.45, 2.75) is 32.2 Å². The first-order chi connectivity index (χ1) is 9.58. The highest BCUT2D eigenvalue weighted by atomic mass is 32.1. The standard InChI is InChI=1S/C14H23N3O2S/c1-10-8-17(2)7-6-12(10)16-14-15-11(9-20-14)4-5-13(18)19-3/h9-10,12H,4-8H2,1-3H3,(H,15,16). The van der Waals surface area contributed by atoms with E-state index < -0.39 is 0 Å². The van der Waals surface area contributed by atoms with Crippen LogP contribution in [0.1, 0.15) is 25.5 Å². The third-order valence-corrected chi connectivity index (χ3v) is 4.60. The summed E-state index contributed by atoms with van der Waals surface area (Å²) in [6.07, 6.45) is 2.19. The van der Waals surface area contributed by atoms with Gasteiger partial charge in [-0.3, -0.25) is 4.79 Å². The minimum absolute atomic E-state index is 0.184. The maximum absolute atomic E-state index is 11.1. The van der Waals surface area contributed by atoms with Crippen LogP contribution >= 0.6 is 11.3 Å². The summed E-state index contributed by atoms with van der Waals surface area (Å²) in [5.74, 6) is 0.438. The molecule has 20 heavy (non-hydrogen) atoms. The molecule has 1 aliphatic heterocycles. The third kappa shape index (κ3) is 4.18. The number of rotatable bonds is 5. The van der Waals surface area contributed by atoms with Crippen LogP contribution in [-0.2, 0) is 16.0 Å². The summed E-state index contributed by atoms with van der Waals surface area (Å²) in [5.41, 5.74) is 0.962. The van der Waals surface area contributed by atoms with Gasteiger partial charge < -0.3 is 15.0 Å². The zero-order valence-electron chi connectivity index (χ0n) is 12.4. The molecule has 1 saturated heterocycles. The fourth-order valence-electron chi connectivity index (χ4n) is 2.55. The molecule has 0 radical (unpaired) electrons. The molecule has 1 N–H and O–H groups in total. The van der Waals surface area contributed by atoms with Gasteiger partial charge in [0.25, 0.3) is 0 Å². The SMILES string of the molecule is COC(=O)CCc1csc(NC2CCN(C)CC2C)n1. The van der Waals surface area contributed by atoms with Gasteiger partial charge in [0, 0.05) is 24.4 Å². The molecule has 2 unspecified atom stereocenters. The lowest BCUT2D eigenvalue weighted by Gasteiger charge is -2.35. The van der Waals surface area contributed by atoms with Crippen molar-refractivity contribution in [3.63, 3.8) is 0 Å². The molecule has 0 aliphatic carbocycles. The van der Waals surface area contributed by atoms with E-state index in [0.29, 0.717) is 24.8 Å². The monoisotopic (exact) mass is 297 g/mol. The number of nitrogens with one attached hydrogen (secondary N) is 1. The van der Waals surface area contributed by atoms with E-state index in [1.165, 1.54) is 7.11 Å². The van der Waals surface area contributed by atoms with Gasteiger partial charge in [0.15, 0.2) is 5.13 Å². The number of carbonyl (C=O) groups excluding carboxylic acids is 1. The molecule has 5 nitrogen and oxygen atoms in total. The molecule has 2 rings (SSSR count). The van der Waals surface area contributed by atoms with E-state index in [2.05, 4.69) is 33.9 Å². The van der Waals surface area contributed by atoms with E-state index in [0.717, 1.165) is 30.3 Å². The average molecular weight is 297 g/mol. The highest BCUT2D eigenvalue weighted by Crippen LogP contribution is 2.23. The Kier molecular flexibility index (Phi) is 5.37. The van der Waals surface area contributed by atoms with Crippen molar-refractivity contribution in [3.05, 3.63) is 11.1 Å². The van der Waals surface area contributed by atoms with Crippen LogP contribution in [0.5, 0.6) is 0 Å². The van der Waals surface area contributed by atoms with Crippen molar-refractivity contribution in [2.75, 3.05) is 32.6 Å². The average Bonchev–Trinajstić information content (AvgIpc) is 2.87. The van der Waals surface area contributed by atoms with Gasteiger partial charge in [0.1, 0.15) is 0 Å². The number of aromatic nitrogens is 1. The number of methoxy groups -OCH3 is 1. The van der Waals surface area contributed by atoms with Crippen molar-refractivity contribution in [1.82, 2.24) is 9.88 Å². The van der Waals surface area contributed by atoms with E-state index >= 15 is 0 Å². The van der Waals surface area contributed by atoms with Gasteiger partial charge in [-0.05, 0) is 25.9 Å². The lowest BCUT2D eigenvalue weighted by atomic mass is 9.94. The molecule has 2 atom stereocenters. The Morgan fingerprint density at radius 1 is 1.65 bits per heavy atom. The van der Waals surface area contributed by atoms with Gasteiger partial charge in [-0.1, -0.05) is 6.92 Å². The molecule has 6 heteroatoms. The summed E-state index contributed by atoms with van der Waals surface area (Å²) in [4.78, 5) is 18.0. The fourth-order valence-corrected chi connectivity index (χ4v) is 3.36. The largest absolute Gasteiger partial charge is 0.469 e. The fraction of sp³-hybridized carbons (Fsp3) is 0.714. The number of aryl methyl sites for hydroxylation is 1. The molecule has 0 spiro atoms. The number of esters is 1. The molecular weight excluding hydrogens is 274 g/mol. The summed E-state index contributed by atoms with van der Waals surface area (Å²) < 4.78 is 4.64. The number of likely N-dealkylation sites (tertiary alicyclic amines) is 1. The summed E-state index contributed by atoms with van der Waals surface area (Å²) in [7, 11) is 3.58. The molecular formula is C14H23N3O2S. The van der Waals surface area contributed by atoms with Gasteiger partial charge in [0.2, 0.25) is 0 Å². The second kappa shape index (κ2) is 7.04. The van der Waals surface area contributed by atoms with Crippen LogP contribution in [0.25, 0.3) is 0 Å². The first-order valence-electron chi connectivity index (χ1n) is 7.04. The molecule has 0 bridgehead atoms. The van der Waals surface area contributed by atoms with E-state index in [1.807, 2.05) is 5.38 Å². The van der Waals surface area contributed by atoms with E-state index in [-0.39, 0.29) is 5.97 Å². The Morgan fingerprint density at radius 2 is 2.45 bits per heavy atom. The van der Waals surface area contributed by atoms with Gasteiger partial charge in [-0.15, -0.1) is 11.3 Å². The molecule has 112 valence electrons. The van der Waals surface area contributed by atoms with Crippen molar-refractivity contribution in [3.8, 4) is 0 Å². The van der Waals surface area contributed by atoms with Crippen LogP contribution in [0.4, 0.5) is 5.13 Å². The lowest BCUT2D eigenvalue weighted by Crippen LogP contribution is -2.43. The molecule has 1 aromatic heterocycles. The predicted molar refractivity (Wildman–Crippen MR) is 81.1 cm³/mol. The third-order valence-electron chi connectivity index (χ3n) is 3.78. The number of nitrogens with zero attached hydrogens (tertiary/aromatic N) is 2.